The van der Waals surface area contributed by atoms with Gasteiger partial charge in [-0.25, -0.2) is 9.97 Å². The van der Waals surface area contributed by atoms with Crippen LogP contribution in [-0.2, 0) is 13.1 Å². The minimum atomic E-state index is 0.113. The number of nitrogens with one attached hydrogen (secondary N) is 2. The minimum absolute atomic E-state index is 0.113. The first kappa shape index (κ1) is 23.1. The van der Waals surface area contributed by atoms with Crippen molar-refractivity contribution in [2.45, 2.75) is 51.9 Å². The number of carbonyl (C=O) groups excluding carboxylic acids is 1. The van der Waals surface area contributed by atoms with Gasteiger partial charge >= 0.3 is 0 Å². The highest BCUT2D eigenvalue weighted by Gasteiger charge is 2.35. The van der Waals surface area contributed by atoms with Crippen LogP contribution in [0.15, 0.2) is 48.7 Å². The maximum absolute atomic E-state index is 13.2. The number of phenols is 1. The molecule has 2 aromatic carbocycles. The maximum Gasteiger partial charge on any atom is 0.254 e. The summed E-state index contributed by atoms with van der Waals surface area (Å²) in [5.74, 6) is 0.900. The SMILES string of the molecule is CNc1ccc(C(=O)N2CC[C@@H](N3Cc4cnc(Nc5ccc(O)cc5)nc4C3)C[C@H]2C)cc1C. The largest absolute Gasteiger partial charge is 0.508 e. The molecule has 3 aromatic rings. The molecule has 0 radical (unpaired) electrons. The zero-order chi connectivity index (χ0) is 24.5. The topological polar surface area (TPSA) is 93.6 Å². The summed E-state index contributed by atoms with van der Waals surface area (Å²) < 4.78 is 0. The fourth-order valence-corrected chi connectivity index (χ4v) is 5.19. The van der Waals surface area contributed by atoms with E-state index in [0.29, 0.717) is 12.0 Å². The molecule has 2 atom stereocenters. The Hall–Kier alpha value is -3.65. The summed E-state index contributed by atoms with van der Waals surface area (Å²) in [6.45, 7) is 6.56. The lowest BCUT2D eigenvalue weighted by molar-refractivity contribution is 0.0460. The lowest BCUT2D eigenvalue weighted by Crippen LogP contribution is -2.50. The Morgan fingerprint density at radius 1 is 1.14 bits per heavy atom. The molecule has 2 aliphatic rings. The van der Waals surface area contributed by atoms with Crippen molar-refractivity contribution >= 4 is 23.2 Å². The van der Waals surface area contributed by atoms with Crippen LogP contribution in [0.4, 0.5) is 17.3 Å². The second kappa shape index (κ2) is 9.54. The quantitative estimate of drug-likeness (QED) is 0.477. The third-order valence-corrected chi connectivity index (χ3v) is 7.17. The summed E-state index contributed by atoms with van der Waals surface area (Å²) in [7, 11) is 1.89. The fourth-order valence-electron chi connectivity index (χ4n) is 5.19. The molecule has 0 saturated carbocycles. The summed E-state index contributed by atoms with van der Waals surface area (Å²) in [5, 5.41) is 15.8. The second-order valence-electron chi connectivity index (χ2n) is 9.55. The van der Waals surface area contributed by atoms with E-state index in [0.717, 1.165) is 66.2 Å². The fraction of sp³-hybridized carbons (Fsp3) is 0.370. The van der Waals surface area contributed by atoms with Crippen LogP contribution in [0.3, 0.4) is 0 Å². The van der Waals surface area contributed by atoms with Gasteiger partial charge in [0.1, 0.15) is 5.75 Å². The zero-order valence-electron chi connectivity index (χ0n) is 20.5. The molecule has 3 heterocycles. The number of hydrogen-bond donors (Lipinski definition) is 3. The number of phenolic OH excluding ortho intramolecular Hbond substituents is 1. The highest BCUT2D eigenvalue weighted by molar-refractivity contribution is 5.95. The van der Waals surface area contributed by atoms with Gasteiger partial charge in [0.25, 0.3) is 5.91 Å². The summed E-state index contributed by atoms with van der Waals surface area (Å²) in [6, 6.07) is 13.3. The van der Waals surface area contributed by atoms with Crippen molar-refractivity contribution in [1.82, 2.24) is 19.8 Å². The predicted molar refractivity (Wildman–Crippen MR) is 137 cm³/mol. The second-order valence-corrected chi connectivity index (χ2v) is 9.55. The molecule has 35 heavy (non-hydrogen) atoms. The van der Waals surface area contributed by atoms with E-state index in [9.17, 15) is 9.90 Å². The average molecular weight is 473 g/mol. The summed E-state index contributed by atoms with van der Waals surface area (Å²) in [4.78, 5) is 26.9. The standard InChI is InChI=1S/C27H32N6O2/c1-17-12-19(4-9-24(17)28-3)26(35)33-11-10-22(13-18(33)2)32-15-20-14-29-27(31-25(20)16-32)30-21-5-7-23(34)8-6-21/h4-9,12,14,18,22,28,34H,10-11,13,15-16H2,1-3H3,(H,29,30,31)/t18-,22-/m1/s1. The normalized spacial score (nSPS) is 19.9. The number of carbonyl (C=O) groups is 1. The van der Waals surface area contributed by atoms with E-state index in [1.807, 2.05) is 43.3 Å². The molecule has 1 aromatic heterocycles. The van der Waals surface area contributed by atoms with E-state index >= 15 is 0 Å². The third kappa shape index (κ3) is 4.79. The number of nitrogens with zero attached hydrogens (tertiary/aromatic N) is 4. The Labute approximate surface area is 206 Å². The van der Waals surface area contributed by atoms with Crippen LogP contribution >= 0.6 is 0 Å². The Bertz CT molecular complexity index is 1230. The van der Waals surface area contributed by atoms with Crippen molar-refractivity contribution in [3.63, 3.8) is 0 Å². The van der Waals surface area contributed by atoms with E-state index in [-0.39, 0.29) is 17.7 Å². The number of fused-ring (bicyclic) bond motifs is 1. The first-order valence-electron chi connectivity index (χ1n) is 12.2. The molecule has 0 spiro atoms. The first-order valence-corrected chi connectivity index (χ1v) is 12.2. The highest BCUT2D eigenvalue weighted by atomic mass is 16.3. The summed E-state index contributed by atoms with van der Waals surface area (Å²) in [5.41, 5.74) is 5.92. The van der Waals surface area contributed by atoms with E-state index in [2.05, 4.69) is 27.4 Å². The van der Waals surface area contributed by atoms with Crippen LogP contribution in [-0.4, -0.2) is 56.5 Å². The van der Waals surface area contributed by atoms with Crippen LogP contribution in [0.2, 0.25) is 0 Å². The van der Waals surface area contributed by atoms with Gasteiger partial charge in [-0.15, -0.1) is 0 Å². The maximum atomic E-state index is 13.2. The number of aryl methyl sites for hydroxylation is 1. The van der Waals surface area contributed by atoms with Gasteiger partial charge in [0, 0.05) is 67.5 Å². The van der Waals surface area contributed by atoms with E-state index in [1.165, 1.54) is 0 Å². The number of aromatic nitrogens is 2. The smallest absolute Gasteiger partial charge is 0.254 e. The van der Waals surface area contributed by atoms with Gasteiger partial charge in [0.15, 0.2) is 0 Å². The van der Waals surface area contributed by atoms with Crippen LogP contribution in [0.5, 0.6) is 5.75 Å². The molecule has 0 unspecified atom stereocenters. The molecule has 3 N–H and O–H groups in total. The van der Waals surface area contributed by atoms with Gasteiger partial charge in [-0.3, -0.25) is 9.69 Å². The number of hydrogen-bond acceptors (Lipinski definition) is 7. The van der Waals surface area contributed by atoms with Gasteiger partial charge in [0.05, 0.1) is 5.69 Å². The Balaban J connectivity index is 1.21. The summed E-state index contributed by atoms with van der Waals surface area (Å²) in [6.07, 6.45) is 3.80. The van der Waals surface area contributed by atoms with Crippen LogP contribution in [0.1, 0.15) is 46.9 Å². The average Bonchev–Trinajstić information content (AvgIpc) is 3.28. The molecule has 2 aliphatic heterocycles. The molecule has 8 nitrogen and oxygen atoms in total. The molecule has 1 fully saturated rings. The zero-order valence-corrected chi connectivity index (χ0v) is 20.5. The van der Waals surface area contributed by atoms with E-state index < -0.39 is 0 Å². The molecule has 8 heteroatoms. The Morgan fingerprint density at radius 3 is 2.66 bits per heavy atom. The molecule has 0 bridgehead atoms. The Morgan fingerprint density at radius 2 is 1.94 bits per heavy atom. The van der Waals surface area contributed by atoms with Gasteiger partial charge in [0.2, 0.25) is 5.95 Å². The van der Waals surface area contributed by atoms with Crippen molar-refractivity contribution in [3.8, 4) is 5.75 Å². The first-order chi connectivity index (χ1) is 16.9. The highest BCUT2D eigenvalue weighted by Crippen LogP contribution is 2.31. The number of likely N-dealkylation sites (tertiary alicyclic amines) is 1. The van der Waals surface area contributed by atoms with Gasteiger partial charge in [-0.2, -0.15) is 0 Å². The minimum Gasteiger partial charge on any atom is -0.508 e. The van der Waals surface area contributed by atoms with Crippen molar-refractivity contribution in [2.75, 3.05) is 24.2 Å². The molecular formula is C27H32N6O2. The third-order valence-electron chi connectivity index (χ3n) is 7.17. The number of benzene rings is 2. The number of amides is 1. The number of anilines is 3. The predicted octanol–water partition coefficient (Wildman–Crippen LogP) is 4.28. The van der Waals surface area contributed by atoms with Crippen molar-refractivity contribution in [2.24, 2.45) is 0 Å². The van der Waals surface area contributed by atoms with E-state index in [4.69, 9.17) is 4.98 Å². The molecular weight excluding hydrogens is 440 g/mol. The Kier molecular flexibility index (Phi) is 6.30. The summed E-state index contributed by atoms with van der Waals surface area (Å²) >= 11 is 0. The lowest BCUT2D eigenvalue weighted by atomic mass is 9.95. The molecule has 1 saturated heterocycles. The van der Waals surface area contributed by atoms with Crippen LogP contribution in [0, 0.1) is 6.92 Å². The van der Waals surface area contributed by atoms with Gasteiger partial charge in [-0.05, 0) is 74.7 Å². The molecule has 5 rings (SSSR count). The van der Waals surface area contributed by atoms with Crippen molar-refractivity contribution in [3.05, 3.63) is 71.0 Å². The van der Waals surface area contributed by atoms with Crippen LogP contribution in [0.25, 0.3) is 0 Å². The van der Waals surface area contributed by atoms with Crippen LogP contribution < -0.4 is 10.6 Å². The number of aromatic hydroxyl groups is 1. The molecule has 1 amide bonds. The number of rotatable bonds is 5. The van der Waals surface area contributed by atoms with Crippen molar-refractivity contribution in [1.29, 1.82) is 0 Å². The number of piperidine rings is 1. The monoisotopic (exact) mass is 472 g/mol. The molecule has 0 aliphatic carbocycles. The van der Waals surface area contributed by atoms with E-state index in [1.54, 1.807) is 24.3 Å². The van der Waals surface area contributed by atoms with Gasteiger partial charge in [-0.1, -0.05) is 0 Å². The molecule has 182 valence electrons. The van der Waals surface area contributed by atoms with Gasteiger partial charge < -0.3 is 20.6 Å². The van der Waals surface area contributed by atoms with Crippen molar-refractivity contribution < 1.29 is 9.90 Å². The lowest BCUT2D eigenvalue weighted by Gasteiger charge is -2.41.